The summed E-state index contributed by atoms with van der Waals surface area (Å²) in [6.45, 7) is 3.42. The molecule has 1 aliphatic carbocycles. The van der Waals surface area contributed by atoms with Crippen LogP contribution < -0.4 is 11.0 Å². The molecule has 21 heavy (non-hydrogen) atoms. The Bertz CT molecular complexity index is 713. The quantitative estimate of drug-likeness (QED) is 0.852. The second kappa shape index (κ2) is 6.27. The third kappa shape index (κ3) is 3.08. The lowest BCUT2D eigenvalue weighted by Crippen LogP contribution is -2.37. The number of carbonyl (C=O) groups is 1. The molecular formula is C15H16BrN3O2. The molecule has 0 saturated carbocycles. The maximum absolute atomic E-state index is 12.3. The van der Waals surface area contributed by atoms with E-state index < -0.39 is 5.56 Å². The molecule has 1 heterocycles. The highest BCUT2D eigenvalue weighted by atomic mass is 79.9. The zero-order valence-corrected chi connectivity index (χ0v) is 13.5. The lowest BCUT2D eigenvalue weighted by Gasteiger charge is -2.16. The number of hydrogen-bond donors (Lipinski definition) is 1. The summed E-state index contributed by atoms with van der Waals surface area (Å²) in [5.74, 6) is 0.00160. The van der Waals surface area contributed by atoms with Gasteiger partial charge in [-0.15, -0.1) is 0 Å². The van der Waals surface area contributed by atoms with Crippen molar-refractivity contribution in [1.29, 1.82) is 5.26 Å². The van der Waals surface area contributed by atoms with Crippen LogP contribution in [-0.4, -0.2) is 10.6 Å². The molecule has 1 aromatic heterocycles. The van der Waals surface area contributed by atoms with Crippen LogP contribution in [0.5, 0.6) is 0 Å². The molecule has 0 saturated heterocycles. The molecule has 5 nitrogen and oxygen atoms in total. The average Bonchev–Trinajstić information content (AvgIpc) is 2.95. The van der Waals surface area contributed by atoms with Crippen molar-refractivity contribution in [1.82, 2.24) is 4.68 Å². The monoisotopic (exact) mass is 349 g/mol. The Kier molecular flexibility index (Phi) is 4.63. The lowest BCUT2D eigenvalue weighted by molar-refractivity contribution is -0.117. The van der Waals surface area contributed by atoms with Crippen molar-refractivity contribution in [3.05, 3.63) is 43.8 Å². The molecule has 1 N–H and O–H groups in total. The molecule has 0 aromatic carbocycles. The Balaban J connectivity index is 2.30. The maximum atomic E-state index is 12.3. The number of amides is 1. The fourth-order valence-electron chi connectivity index (χ4n) is 2.44. The van der Waals surface area contributed by atoms with Crippen LogP contribution in [0.3, 0.4) is 0 Å². The van der Waals surface area contributed by atoms with Gasteiger partial charge in [0.05, 0.1) is 5.69 Å². The van der Waals surface area contributed by atoms with Crippen LogP contribution in [0, 0.1) is 31.1 Å². The number of carbonyl (C=O) groups excluding carboxylic acids is 1. The third-order valence-electron chi connectivity index (χ3n) is 3.68. The molecule has 110 valence electrons. The second-order valence-electron chi connectivity index (χ2n) is 5.16. The summed E-state index contributed by atoms with van der Waals surface area (Å²) >= 11 is 3.36. The van der Waals surface area contributed by atoms with Crippen LogP contribution in [0.2, 0.25) is 0 Å². The zero-order chi connectivity index (χ0) is 15.6. The molecular weight excluding hydrogens is 334 g/mol. The van der Waals surface area contributed by atoms with Crippen LogP contribution in [0.15, 0.2) is 21.4 Å². The summed E-state index contributed by atoms with van der Waals surface area (Å²) < 4.78 is 1.80. The van der Waals surface area contributed by atoms with Crippen molar-refractivity contribution in [3.8, 4) is 6.07 Å². The van der Waals surface area contributed by atoms with Crippen molar-refractivity contribution in [3.63, 3.8) is 0 Å². The third-order valence-corrected chi connectivity index (χ3v) is 4.85. The lowest BCUT2D eigenvalue weighted by atomic mass is 10.1. The number of rotatable bonds is 3. The van der Waals surface area contributed by atoms with Gasteiger partial charge in [-0.05, 0) is 54.1 Å². The maximum Gasteiger partial charge on any atom is 0.287 e. The van der Waals surface area contributed by atoms with Crippen molar-refractivity contribution >= 4 is 21.8 Å². The SMILES string of the molecule is Cc1c(Br)c(C)n(NC(=O)C[C@@H]2C=CCC2)c(=O)c1C#N. The van der Waals surface area contributed by atoms with Crippen molar-refractivity contribution in [2.75, 3.05) is 5.43 Å². The van der Waals surface area contributed by atoms with Gasteiger partial charge in [0.1, 0.15) is 11.6 Å². The van der Waals surface area contributed by atoms with E-state index in [0.29, 0.717) is 22.2 Å². The van der Waals surface area contributed by atoms with E-state index in [1.165, 1.54) is 0 Å². The van der Waals surface area contributed by atoms with E-state index in [1.54, 1.807) is 13.8 Å². The minimum Gasteiger partial charge on any atom is -0.273 e. The minimum atomic E-state index is -0.494. The van der Waals surface area contributed by atoms with Crippen LogP contribution >= 0.6 is 15.9 Å². The smallest absolute Gasteiger partial charge is 0.273 e. The molecule has 0 spiro atoms. The van der Waals surface area contributed by atoms with Crippen molar-refractivity contribution in [2.24, 2.45) is 5.92 Å². The standard InChI is InChI=1S/C15H16BrN3O2/c1-9-12(8-17)15(21)19(10(2)14(9)16)18-13(20)7-11-5-3-4-6-11/h3,5,11H,4,6-7H2,1-2H3,(H,18,20)/t11-/m1/s1. The highest BCUT2D eigenvalue weighted by Gasteiger charge is 2.18. The molecule has 1 atom stereocenters. The number of halogens is 1. The molecule has 0 unspecified atom stereocenters. The van der Waals surface area contributed by atoms with E-state index in [9.17, 15) is 9.59 Å². The van der Waals surface area contributed by atoms with Gasteiger partial charge in [-0.2, -0.15) is 5.26 Å². The van der Waals surface area contributed by atoms with Gasteiger partial charge in [-0.25, -0.2) is 4.68 Å². The van der Waals surface area contributed by atoms with Crippen LogP contribution in [0.4, 0.5) is 0 Å². The van der Waals surface area contributed by atoms with Crippen LogP contribution in [0.1, 0.15) is 36.1 Å². The second-order valence-corrected chi connectivity index (χ2v) is 5.95. The van der Waals surface area contributed by atoms with E-state index in [0.717, 1.165) is 17.5 Å². The molecule has 0 fully saturated rings. The van der Waals surface area contributed by atoms with Gasteiger partial charge in [-0.3, -0.25) is 15.0 Å². The van der Waals surface area contributed by atoms with Crippen molar-refractivity contribution < 1.29 is 4.79 Å². The molecule has 2 rings (SSSR count). The van der Waals surface area contributed by atoms with Gasteiger partial charge < -0.3 is 0 Å². The van der Waals surface area contributed by atoms with E-state index in [-0.39, 0.29) is 17.4 Å². The fraction of sp³-hybridized carbons (Fsp3) is 0.400. The summed E-state index contributed by atoms with van der Waals surface area (Å²) in [7, 11) is 0. The summed E-state index contributed by atoms with van der Waals surface area (Å²) in [4.78, 5) is 24.3. The fourth-order valence-corrected chi connectivity index (χ4v) is 2.82. The number of hydrogen-bond acceptors (Lipinski definition) is 3. The Hall–Kier alpha value is -1.87. The first-order valence-electron chi connectivity index (χ1n) is 6.74. The number of nitriles is 1. The Morgan fingerprint density at radius 1 is 1.57 bits per heavy atom. The molecule has 0 radical (unpaired) electrons. The first kappa shape index (κ1) is 15.5. The van der Waals surface area contributed by atoms with Crippen LogP contribution in [0.25, 0.3) is 0 Å². The Morgan fingerprint density at radius 2 is 2.29 bits per heavy atom. The predicted molar refractivity (Wildman–Crippen MR) is 83.4 cm³/mol. The summed E-state index contributed by atoms with van der Waals surface area (Å²) in [5, 5.41) is 9.10. The topological polar surface area (TPSA) is 74.9 Å². The van der Waals surface area contributed by atoms with Gasteiger partial charge >= 0.3 is 0 Å². The molecule has 1 aliphatic rings. The van der Waals surface area contributed by atoms with Gasteiger partial charge in [-0.1, -0.05) is 12.2 Å². The first-order chi connectivity index (χ1) is 9.95. The number of aromatic nitrogens is 1. The van der Waals surface area contributed by atoms with Crippen molar-refractivity contribution in [2.45, 2.75) is 33.1 Å². The largest absolute Gasteiger partial charge is 0.287 e. The normalized spacial score (nSPS) is 16.8. The van der Waals surface area contributed by atoms with Gasteiger partial charge in [0.25, 0.3) is 5.56 Å². The molecule has 0 aliphatic heterocycles. The highest BCUT2D eigenvalue weighted by Crippen LogP contribution is 2.22. The first-order valence-corrected chi connectivity index (χ1v) is 7.53. The Labute approximate surface area is 131 Å². The van der Waals surface area contributed by atoms with E-state index in [2.05, 4.69) is 27.4 Å². The highest BCUT2D eigenvalue weighted by molar-refractivity contribution is 9.10. The van der Waals surface area contributed by atoms with E-state index in [1.807, 2.05) is 12.1 Å². The summed E-state index contributed by atoms with van der Waals surface area (Å²) in [6, 6.07) is 1.89. The van der Waals surface area contributed by atoms with Gasteiger partial charge in [0, 0.05) is 10.9 Å². The zero-order valence-electron chi connectivity index (χ0n) is 11.9. The van der Waals surface area contributed by atoms with Gasteiger partial charge in [0.2, 0.25) is 5.91 Å². The number of nitrogens with zero attached hydrogens (tertiary/aromatic N) is 2. The minimum absolute atomic E-state index is 0.0357. The number of allylic oxidation sites excluding steroid dienone is 2. The Morgan fingerprint density at radius 3 is 2.86 bits per heavy atom. The number of nitrogens with one attached hydrogen (secondary N) is 1. The predicted octanol–water partition coefficient (Wildman–Crippen LogP) is 2.53. The summed E-state index contributed by atoms with van der Waals surface area (Å²) in [6.07, 6.45) is 6.39. The molecule has 1 amide bonds. The molecule has 0 bridgehead atoms. The van der Waals surface area contributed by atoms with E-state index in [4.69, 9.17) is 5.26 Å². The van der Waals surface area contributed by atoms with E-state index >= 15 is 0 Å². The summed E-state index contributed by atoms with van der Waals surface area (Å²) in [5.41, 5.74) is 3.30. The molecule has 6 heteroatoms. The average molecular weight is 350 g/mol. The van der Waals surface area contributed by atoms with Gasteiger partial charge in [0.15, 0.2) is 0 Å². The molecule has 1 aromatic rings. The van der Waals surface area contributed by atoms with Crippen LogP contribution in [-0.2, 0) is 4.79 Å². The number of pyridine rings is 1.